The third kappa shape index (κ3) is 70.9. The third-order valence-electron chi connectivity index (χ3n) is 18.6. The largest absolute Gasteiger partial charge is 0.472 e. The second-order valence-corrected chi connectivity index (χ2v) is 31.7. The second kappa shape index (κ2) is 69.8. The van der Waals surface area contributed by atoms with E-state index in [1.54, 1.807) is 0 Å². The maximum absolute atomic E-state index is 13.1. The van der Waals surface area contributed by atoms with Gasteiger partial charge in [0.25, 0.3) is 0 Å². The average Bonchev–Trinajstić information content (AvgIpc) is 1.60. The summed E-state index contributed by atoms with van der Waals surface area (Å²) in [6, 6.07) is 0. The summed E-state index contributed by atoms with van der Waals surface area (Å²) in [6.45, 7) is 9.57. The number of ether oxygens (including phenoxy) is 4. The van der Waals surface area contributed by atoms with Gasteiger partial charge in [0.1, 0.15) is 19.3 Å². The SMILES string of the molecule is CCCCCCCCCCCCCCCCCCCCCCC(=O)O[C@H](COC(=O)CCCCCCCCCCCCCCCCCC(C)C)COP(=O)(O)OC[C@@H](O)COP(=O)(O)OC[C@@H](COC(=O)CCCCCCC)OC(=O)CCCCCCCCCCCCC(C)CC. The van der Waals surface area contributed by atoms with Gasteiger partial charge in [-0.1, -0.05) is 356 Å². The average molecular weight is 1420 g/mol. The van der Waals surface area contributed by atoms with Crippen LogP contribution >= 0.6 is 15.6 Å². The molecule has 0 amide bonds. The van der Waals surface area contributed by atoms with Gasteiger partial charge < -0.3 is 33.8 Å². The third-order valence-corrected chi connectivity index (χ3v) is 20.5. The number of aliphatic hydroxyl groups excluding tert-OH is 1. The molecule has 3 unspecified atom stereocenters. The van der Waals surface area contributed by atoms with E-state index in [1.165, 1.54) is 218 Å². The predicted molar refractivity (Wildman–Crippen MR) is 395 cm³/mol. The van der Waals surface area contributed by atoms with Crippen LogP contribution in [-0.4, -0.2) is 96.7 Å². The van der Waals surface area contributed by atoms with Gasteiger partial charge in [-0.05, 0) is 37.5 Å². The monoisotopic (exact) mass is 1420 g/mol. The van der Waals surface area contributed by atoms with E-state index >= 15 is 0 Å². The first kappa shape index (κ1) is 95.1. The van der Waals surface area contributed by atoms with Gasteiger partial charge in [0.2, 0.25) is 0 Å². The molecule has 0 saturated heterocycles. The highest BCUT2D eigenvalue weighted by Gasteiger charge is 2.30. The molecule has 0 fully saturated rings. The van der Waals surface area contributed by atoms with Crippen molar-refractivity contribution in [3.63, 3.8) is 0 Å². The van der Waals surface area contributed by atoms with E-state index in [1.807, 2.05) is 0 Å². The maximum atomic E-state index is 13.1. The molecule has 0 aromatic carbocycles. The Morgan fingerprint density at radius 3 is 0.784 bits per heavy atom. The molecule has 3 N–H and O–H groups in total. The summed E-state index contributed by atoms with van der Waals surface area (Å²) in [5.74, 6) is -0.515. The van der Waals surface area contributed by atoms with Crippen molar-refractivity contribution >= 4 is 39.5 Å². The summed E-state index contributed by atoms with van der Waals surface area (Å²) < 4.78 is 68.4. The quantitative estimate of drug-likeness (QED) is 0.0222. The Hall–Kier alpha value is -1.94. The van der Waals surface area contributed by atoms with Crippen LogP contribution in [0.25, 0.3) is 0 Å². The topological polar surface area (TPSA) is 237 Å². The molecule has 0 saturated carbocycles. The van der Waals surface area contributed by atoms with Gasteiger partial charge in [0.15, 0.2) is 12.2 Å². The molecule has 0 aliphatic rings. The van der Waals surface area contributed by atoms with Crippen LogP contribution in [0.2, 0.25) is 0 Å². The van der Waals surface area contributed by atoms with Gasteiger partial charge in [-0.25, -0.2) is 9.13 Å². The fourth-order valence-corrected chi connectivity index (χ4v) is 13.6. The number of phosphoric ester groups is 2. The Kier molecular flexibility index (Phi) is 68.4. The zero-order chi connectivity index (χ0) is 71.4. The Morgan fingerprint density at radius 2 is 0.526 bits per heavy atom. The van der Waals surface area contributed by atoms with Gasteiger partial charge in [0.05, 0.1) is 26.4 Å². The van der Waals surface area contributed by atoms with E-state index in [9.17, 15) is 43.2 Å². The first-order chi connectivity index (χ1) is 46.9. The van der Waals surface area contributed by atoms with E-state index in [2.05, 4.69) is 41.5 Å². The van der Waals surface area contributed by atoms with Crippen LogP contribution in [0.3, 0.4) is 0 Å². The van der Waals surface area contributed by atoms with Crippen LogP contribution in [0.15, 0.2) is 0 Å². The van der Waals surface area contributed by atoms with E-state index in [4.69, 9.17) is 37.0 Å². The van der Waals surface area contributed by atoms with Crippen molar-refractivity contribution in [2.75, 3.05) is 39.6 Å². The number of phosphoric acid groups is 2. The van der Waals surface area contributed by atoms with Gasteiger partial charge in [-0.3, -0.25) is 37.3 Å². The van der Waals surface area contributed by atoms with Crippen molar-refractivity contribution < 1.29 is 80.2 Å². The summed E-state index contributed by atoms with van der Waals surface area (Å²) in [7, 11) is -9.90. The molecule has 0 aliphatic carbocycles. The summed E-state index contributed by atoms with van der Waals surface area (Å²) in [5, 5.41) is 10.6. The minimum Gasteiger partial charge on any atom is -0.462 e. The Labute approximate surface area is 594 Å². The lowest BCUT2D eigenvalue weighted by atomic mass is 9.99. The lowest BCUT2D eigenvalue weighted by Crippen LogP contribution is -2.30. The van der Waals surface area contributed by atoms with Crippen LogP contribution in [0, 0.1) is 11.8 Å². The van der Waals surface area contributed by atoms with Gasteiger partial charge in [0, 0.05) is 25.7 Å². The van der Waals surface area contributed by atoms with E-state index in [-0.39, 0.29) is 25.7 Å². The number of hydrogen-bond acceptors (Lipinski definition) is 15. The molecule has 19 heteroatoms. The smallest absolute Gasteiger partial charge is 0.462 e. The van der Waals surface area contributed by atoms with Crippen LogP contribution in [-0.2, 0) is 65.4 Å². The molecule has 17 nitrogen and oxygen atoms in total. The number of esters is 4. The predicted octanol–water partition coefficient (Wildman–Crippen LogP) is 23.1. The normalized spacial score (nSPS) is 14.2. The molecule has 6 atom stereocenters. The number of unbranched alkanes of at least 4 members (excludes halogenated alkanes) is 46. The van der Waals surface area contributed by atoms with Gasteiger partial charge in [-0.2, -0.15) is 0 Å². The number of carbonyl (C=O) groups is 4. The van der Waals surface area contributed by atoms with Crippen molar-refractivity contribution in [2.45, 2.75) is 426 Å². The molecule has 0 spiro atoms. The van der Waals surface area contributed by atoms with Crippen molar-refractivity contribution in [2.24, 2.45) is 11.8 Å². The van der Waals surface area contributed by atoms with Gasteiger partial charge >= 0.3 is 39.5 Å². The Balaban J connectivity index is 5.13. The van der Waals surface area contributed by atoms with E-state index < -0.39 is 97.5 Å². The highest BCUT2D eigenvalue weighted by atomic mass is 31.2. The number of rotatable bonds is 77. The van der Waals surface area contributed by atoms with E-state index in [0.29, 0.717) is 25.7 Å². The second-order valence-electron chi connectivity index (χ2n) is 28.8. The van der Waals surface area contributed by atoms with Crippen LogP contribution in [0.5, 0.6) is 0 Å². The molecule has 576 valence electrons. The molecule has 0 aromatic heterocycles. The Morgan fingerprint density at radius 1 is 0.299 bits per heavy atom. The molecule has 0 aliphatic heterocycles. The summed E-state index contributed by atoms with van der Waals surface area (Å²) in [6.07, 6.45) is 58.7. The summed E-state index contributed by atoms with van der Waals surface area (Å²) in [5.41, 5.74) is 0. The van der Waals surface area contributed by atoms with Crippen molar-refractivity contribution in [1.82, 2.24) is 0 Å². The molecule has 0 aromatic rings. The number of carbonyl (C=O) groups excluding carboxylic acids is 4. The Bertz CT molecular complexity index is 1870. The minimum atomic E-state index is -4.96. The molecular formula is C78H152O17P2. The van der Waals surface area contributed by atoms with Crippen LogP contribution in [0.1, 0.15) is 408 Å². The van der Waals surface area contributed by atoms with Crippen molar-refractivity contribution in [3.8, 4) is 0 Å². The molecule has 0 heterocycles. The first-order valence-electron chi connectivity index (χ1n) is 40.5. The van der Waals surface area contributed by atoms with Crippen LogP contribution < -0.4 is 0 Å². The zero-order valence-electron chi connectivity index (χ0n) is 63.4. The molecular weight excluding hydrogens is 1270 g/mol. The zero-order valence-corrected chi connectivity index (χ0v) is 65.2. The standard InChI is InChI=1S/C78H152O17P2/c1-7-10-12-14-15-16-17-18-19-20-21-22-23-26-30-33-39-44-50-56-62-78(83)95-74(67-89-76(81)61-55-49-43-38-32-29-27-24-25-28-31-36-41-47-52-58-70(4)5)69-93-97(86,87)91-65-72(79)64-90-96(84,85)92-68-73(66-88-75(80)60-54-46-13-11-8-2)94-77(82)63-57-51-45-40-35-34-37-42-48-53-59-71(6)9-3/h70-74,79H,7-69H2,1-6H3,(H,84,85)(H,86,87)/t71?,72-,73+,74+/m0/s1. The number of hydrogen-bond donors (Lipinski definition) is 3. The molecule has 0 rings (SSSR count). The summed E-state index contributed by atoms with van der Waals surface area (Å²) >= 11 is 0. The fraction of sp³-hybridized carbons (Fsp3) is 0.949. The maximum Gasteiger partial charge on any atom is 0.472 e. The lowest BCUT2D eigenvalue weighted by molar-refractivity contribution is -0.161. The fourth-order valence-electron chi connectivity index (χ4n) is 12.0. The molecule has 0 bridgehead atoms. The highest BCUT2D eigenvalue weighted by Crippen LogP contribution is 2.45. The summed E-state index contributed by atoms with van der Waals surface area (Å²) in [4.78, 5) is 72.6. The van der Waals surface area contributed by atoms with Gasteiger partial charge in [-0.15, -0.1) is 0 Å². The first-order valence-corrected chi connectivity index (χ1v) is 43.5. The molecule has 97 heavy (non-hydrogen) atoms. The van der Waals surface area contributed by atoms with E-state index in [0.717, 1.165) is 108 Å². The minimum absolute atomic E-state index is 0.105. The van der Waals surface area contributed by atoms with Crippen LogP contribution in [0.4, 0.5) is 0 Å². The highest BCUT2D eigenvalue weighted by molar-refractivity contribution is 7.47. The number of aliphatic hydroxyl groups is 1. The van der Waals surface area contributed by atoms with Crippen molar-refractivity contribution in [1.29, 1.82) is 0 Å². The van der Waals surface area contributed by atoms with Crippen molar-refractivity contribution in [3.05, 3.63) is 0 Å². The molecule has 0 radical (unpaired) electrons. The lowest BCUT2D eigenvalue weighted by Gasteiger charge is -2.21.